The lowest BCUT2D eigenvalue weighted by molar-refractivity contribution is -0.135. The molecule has 0 aromatic carbocycles. The van der Waals surface area contributed by atoms with Crippen molar-refractivity contribution in [1.82, 2.24) is 5.32 Å². The molecule has 2 atom stereocenters. The van der Waals surface area contributed by atoms with Crippen molar-refractivity contribution in [1.29, 1.82) is 0 Å². The molecule has 1 saturated carbocycles. The summed E-state index contributed by atoms with van der Waals surface area (Å²) in [7, 11) is 0. The van der Waals surface area contributed by atoms with E-state index in [2.05, 4.69) is 19.2 Å². The molecule has 2 rings (SSSR count). The van der Waals surface area contributed by atoms with Crippen molar-refractivity contribution in [3.63, 3.8) is 0 Å². The van der Waals surface area contributed by atoms with Crippen molar-refractivity contribution in [3.05, 3.63) is 0 Å². The monoisotopic (exact) mass is 197 g/mol. The lowest BCUT2D eigenvalue weighted by atomic mass is 9.69. The van der Waals surface area contributed by atoms with Gasteiger partial charge in [-0.15, -0.1) is 0 Å². The highest BCUT2D eigenvalue weighted by Crippen LogP contribution is 2.41. The molecule has 14 heavy (non-hydrogen) atoms. The zero-order chi connectivity index (χ0) is 10.0. The van der Waals surface area contributed by atoms with E-state index in [4.69, 9.17) is 4.74 Å². The molecule has 0 amide bonds. The van der Waals surface area contributed by atoms with Crippen LogP contribution in [0.2, 0.25) is 0 Å². The van der Waals surface area contributed by atoms with Crippen LogP contribution >= 0.6 is 0 Å². The summed E-state index contributed by atoms with van der Waals surface area (Å²) >= 11 is 0. The van der Waals surface area contributed by atoms with Crippen LogP contribution < -0.4 is 5.32 Å². The van der Waals surface area contributed by atoms with Crippen molar-refractivity contribution in [3.8, 4) is 0 Å². The topological polar surface area (TPSA) is 21.3 Å². The van der Waals surface area contributed by atoms with E-state index in [9.17, 15) is 0 Å². The minimum Gasteiger partial charge on any atom is -0.372 e. The maximum absolute atomic E-state index is 6.12. The third-order valence-corrected chi connectivity index (χ3v) is 3.94. The highest BCUT2D eigenvalue weighted by atomic mass is 16.5. The van der Waals surface area contributed by atoms with Crippen LogP contribution in [0.5, 0.6) is 0 Å². The van der Waals surface area contributed by atoms with Crippen LogP contribution in [-0.4, -0.2) is 25.3 Å². The Labute approximate surface area is 87.4 Å². The Morgan fingerprint density at radius 3 is 2.86 bits per heavy atom. The molecule has 0 radical (unpaired) electrons. The second-order valence-electron chi connectivity index (χ2n) is 5.19. The molecule has 82 valence electrons. The molecule has 1 spiro atoms. The summed E-state index contributed by atoms with van der Waals surface area (Å²) in [6.45, 7) is 7.71. The zero-order valence-corrected chi connectivity index (χ0v) is 9.51. The van der Waals surface area contributed by atoms with Crippen molar-refractivity contribution in [2.75, 3.05) is 19.7 Å². The summed E-state index contributed by atoms with van der Waals surface area (Å²) in [6.07, 6.45) is 5.38. The molecule has 0 aromatic heterocycles. The largest absolute Gasteiger partial charge is 0.372 e. The van der Waals surface area contributed by atoms with E-state index < -0.39 is 0 Å². The summed E-state index contributed by atoms with van der Waals surface area (Å²) in [5, 5.41) is 3.51. The fraction of sp³-hybridized carbons (Fsp3) is 1.00. The predicted octanol–water partition coefficient (Wildman–Crippen LogP) is 2.19. The number of morpholine rings is 1. The fourth-order valence-corrected chi connectivity index (χ4v) is 3.25. The first-order valence-electron chi connectivity index (χ1n) is 6.09. The first-order chi connectivity index (χ1) is 6.75. The molecule has 2 fully saturated rings. The van der Waals surface area contributed by atoms with Crippen LogP contribution in [0.3, 0.4) is 0 Å². The van der Waals surface area contributed by atoms with E-state index in [1.807, 2.05) is 0 Å². The van der Waals surface area contributed by atoms with Gasteiger partial charge in [0.1, 0.15) is 0 Å². The number of hydrogen-bond donors (Lipinski definition) is 1. The molecule has 2 nitrogen and oxygen atoms in total. The quantitative estimate of drug-likeness (QED) is 0.696. The van der Waals surface area contributed by atoms with Gasteiger partial charge in [0.05, 0.1) is 12.2 Å². The molecule has 2 heteroatoms. The molecule has 1 saturated heterocycles. The van der Waals surface area contributed by atoms with Gasteiger partial charge in [0.2, 0.25) is 0 Å². The van der Waals surface area contributed by atoms with Gasteiger partial charge >= 0.3 is 0 Å². The Hall–Kier alpha value is -0.0800. The van der Waals surface area contributed by atoms with E-state index in [0.717, 1.165) is 31.5 Å². The van der Waals surface area contributed by atoms with Crippen molar-refractivity contribution in [2.24, 2.45) is 11.8 Å². The average molecular weight is 197 g/mol. The number of rotatable bonds is 1. The van der Waals surface area contributed by atoms with Gasteiger partial charge in [-0.3, -0.25) is 0 Å². The molecule has 0 bridgehead atoms. The molecule has 2 unspecified atom stereocenters. The van der Waals surface area contributed by atoms with Crippen molar-refractivity contribution < 1.29 is 4.74 Å². The van der Waals surface area contributed by atoms with E-state index >= 15 is 0 Å². The van der Waals surface area contributed by atoms with Crippen molar-refractivity contribution >= 4 is 0 Å². The maximum Gasteiger partial charge on any atom is 0.0837 e. The molecule has 2 aliphatic rings. The predicted molar refractivity (Wildman–Crippen MR) is 58.3 cm³/mol. The van der Waals surface area contributed by atoms with Crippen LogP contribution in [0.4, 0.5) is 0 Å². The van der Waals surface area contributed by atoms with E-state index in [1.165, 1.54) is 25.7 Å². The van der Waals surface area contributed by atoms with Gasteiger partial charge in [-0.2, -0.15) is 0 Å². The standard InChI is InChI=1S/C12H23NO/c1-10(2)11-5-3-4-6-12(11)9-13-7-8-14-12/h10-11,13H,3-9H2,1-2H3. The summed E-state index contributed by atoms with van der Waals surface area (Å²) in [4.78, 5) is 0. The fourth-order valence-electron chi connectivity index (χ4n) is 3.25. The van der Waals surface area contributed by atoms with Crippen LogP contribution in [0.1, 0.15) is 39.5 Å². The van der Waals surface area contributed by atoms with Crippen LogP contribution in [-0.2, 0) is 4.74 Å². The Kier molecular flexibility index (Phi) is 3.13. The van der Waals surface area contributed by atoms with Gasteiger partial charge in [0.15, 0.2) is 0 Å². The first kappa shape index (κ1) is 10.4. The molecular weight excluding hydrogens is 174 g/mol. The Bertz CT molecular complexity index is 176. The second kappa shape index (κ2) is 4.19. The SMILES string of the molecule is CC(C)C1CCCCC12CNCCO2. The van der Waals surface area contributed by atoms with E-state index in [0.29, 0.717) is 0 Å². The molecule has 0 aromatic rings. The molecule has 1 heterocycles. The highest BCUT2D eigenvalue weighted by Gasteiger charge is 2.43. The lowest BCUT2D eigenvalue weighted by Gasteiger charge is -2.48. The lowest BCUT2D eigenvalue weighted by Crippen LogP contribution is -2.56. The average Bonchev–Trinajstić information content (AvgIpc) is 2.19. The van der Waals surface area contributed by atoms with Gasteiger partial charge in [-0.25, -0.2) is 0 Å². The van der Waals surface area contributed by atoms with E-state index in [1.54, 1.807) is 0 Å². The number of ether oxygens (including phenoxy) is 1. The normalized spacial score (nSPS) is 39.2. The third kappa shape index (κ3) is 1.82. The van der Waals surface area contributed by atoms with Gasteiger partial charge in [-0.05, 0) is 24.7 Å². The highest BCUT2D eigenvalue weighted by molar-refractivity contribution is 4.96. The van der Waals surface area contributed by atoms with Crippen LogP contribution in [0.15, 0.2) is 0 Å². The van der Waals surface area contributed by atoms with E-state index in [-0.39, 0.29) is 5.60 Å². The number of nitrogens with one attached hydrogen (secondary N) is 1. The molecule has 1 aliphatic heterocycles. The van der Waals surface area contributed by atoms with Crippen LogP contribution in [0, 0.1) is 11.8 Å². The van der Waals surface area contributed by atoms with Crippen molar-refractivity contribution in [2.45, 2.75) is 45.1 Å². The molecule has 1 N–H and O–H groups in total. The number of hydrogen-bond acceptors (Lipinski definition) is 2. The third-order valence-electron chi connectivity index (χ3n) is 3.94. The summed E-state index contributed by atoms with van der Waals surface area (Å²) < 4.78 is 6.12. The van der Waals surface area contributed by atoms with Gasteiger partial charge in [0.25, 0.3) is 0 Å². The first-order valence-corrected chi connectivity index (χ1v) is 6.09. The summed E-state index contributed by atoms with van der Waals surface area (Å²) in [5.41, 5.74) is 0.185. The summed E-state index contributed by atoms with van der Waals surface area (Å²) in [5.74, 6) is 1.53. The van der Waals surface area contributed by atoms with Gasteiger partial charge < -0.3 is 10.1 Å². The second-order valence-corrected chi connectivity index (χ2v) is 5.19. The maximum atomic E-state index is 6.12. The molecule has 1 aliphatic carbocycles. The molecular formula is C12H23NO. The van der Waals surface area contributed by atoms with Crippen LogP contribution in [0.25, 0.3) is 0 Å². The minimum atomic E-state index is 0.185. The summed E-state index contributed by atoms with van der Waals surface area (Å²) in [6, 6.07) is 0. The zero-order valence-electron chi connectivity index (χ0n) is 9.51. The smallest absolute Gasteiger partial charge is 0.0837 e. The van der Waals surface area contributed by atoms with Gasteiger partial charge in [-0.1, -0.05) is 26.7 Å². The Morgan fingerprint density at radius 2 is 2.21 bits per heavy atom. The minimum absolute atomic E-state index is 0.185. The Morgan fingerprint density at radius 1 is 1.36 bits per heavy atom. The van der Waals surface area contributed by atoms with Gasteiger partial charge in [0, 0.05) is 13.1 Å². The Balaban J connectivity index is 2.10.